The zero-order valence-electron chi connectivity index (χ0n) is 11.3. The highest BCUT2D eigenvalue weighted by atomic mass is 16.5. The summed E-state index contributed by atoms with van der Waals surface area (Å²) in [4.78, 5) is 25.5. The van der Waals surface area contributed by atoms with Gasteiger partial charge in [0.2, 0.25) is 0 Å². The maximum atomic E-state index is 11.9. The fourth-order valence-electron chi connectivity index (χ4n) is 2.52. The number of aromatic nitrogens is 5. The van der Waals surface area contributed by atoms with Crippen LogP contribution in [0.15, 0.2) is 28.2 Å². The van der Waals surface area contributed by atoms with Gasteiger partial charge in [-0.2, -0.15) is 0 Å². The minimum absolute atomic E-state index is 0.196. The SMILES string of the molecule is Cc1cn([C@H]2C[C@H](n3ccnn3)C(CO)O2)c(=O)[nH]c1=O. The summed E-state index contributed by atoms with van der Waals surface area (Å²) in [6.07, 6.45) is 4.07. The van der Waals surface area contributed by atoms with E-state index in [2.05, 4.69) is 15.3 Å². The van der Waals surface area contributed by atoms with Crippen molar-refractivity contribution in [2.75, 3.05) is 6.61 Å². The minimum Gasteiger partial charge on any atom is -0.394 e. The molecule has 1 unspecified atom stereocenters. The second-order valence-corrected chi connectivity index (χ2v) is 4.98. The normalized spacial score (nSPS) is 25.3. The van der Waals surface area contributed by atoms with Gasteiger partial charge in [0.15, 0.2) is 0 Å². The Balaban J connectivity index is 1.93. The topological polar surface area (TPSA) is 115 Å². The van der Waals surface area contributed by atoms with Crippen LogP contribution < -0.4 is 11.2 Å². The Morgan fingerprint density at radius 2 is 2.33 bits per heavy atom. The van der Waals surface area contributed by atoms with Gasteiger partial charge in [0.1, 0.15) is 12.3 Å². The van der Waals surface area contributed by atoms with Gasteiger partial charge < -0.3 is 9.84 Å². The van der Waals surface area contributed by atoms with E-state index >= 15 is 0 Å². The number of aliphatic hydroxyl groups is 1. The van der Waals surface area contributed by atoms with Gasteiger partial charge in [-0.3, -0.25) is 14.3 Å². The third-order valence-electron chi connectivity index (χ3n) is 3.62. The van der Waals surface area contributed by atoms with Crippen LogP contribution in [0.25, 0.3) is 0 Å². The zero-order chi connectivity index (χ0) is 15.0. The van der Waals surface area contributed by atoms with Crippen LogP contribution in [0.4, 0.5) is 0 Å². The van der Waals surface area contributed by atoms with Crippen molar-refractivity contribution in [2.24, 2.45) is 0 Å². The predicted molar refractivity (Wildman–Crippen MR) is 70.7 cm³/mol. The summed E-state index contributed by atoms with van der Waals surface area (Å²) in [5, 5.41) is 17.1. The predicted octanol–water partition coefficient (Wildman–Crippen LogP) is -1.04. The highest BCUT2D eigenvalue weighted by Gasteiger charge is 2.38. The lowest BCUT2D eigenvalue weighted by Gasteiger charge is -2.15. The van der Waals surface area contributed by atoms with E-state index in [9.17, 15) is 14.7 Å². The second kappa shape index (κ2) is 5.26. The molecule has 3 rings (SSSR count). The number of rotatable bonds is 3. The first kappa shape index (κ1) is 13.7. The Kier molecular flexibility index (Phi) is 3.43. The number of ether oxygens (including phenoxy) is 1. The zero-order valence-corrected chi connectivity index (χ0v) is 11.3. The smallest absolute Gasteiger partial charge is 0.330 e. The molecule has 1 aliphatic rings. The fourth-order valence-corrected chi connectivity index (χ4v) is 2.52. The standard InChI is InChI=1S/C12H15N5O4/c1-7-5-16(12(20)14-11(7)19)10-4-8(9(6-18)21-10)17-3-2-13-15-17/h2-3,5,8-10,18H,4,6H2,1H3,(H,14,19,20)/t8-,9?,10+/m0/s1. The van der Waals surface area contributed by atoms with Crippen molar-refractivity contribution < 1.29 is 9.84 Å². The maximum Gasteiger partial charge on any atom is 0.330 e. The van der Waals surface area contributed by atoms with Crippen molar-refractivity contribution in [3.05, 3.63) is 45.0 Å². The Labute approximate surface area is 118 Å². The number of H-pyrrole nitrogens is 1. The van der Waals surface area contributed by atoms with Gasteiger partial charge in [0, 0.05) is 24.4 Å². The molecule has 0 aromatic carbocycles. The van der Waals surface area contributed by atoms with E-state index in [1.54, 1.807) is 17.8 Å². The Morgan fingerprint density at radius 1 is 1.52 bits per heavy atom. The molecule has 2 aromatic heterocycles. The molecule has 3 atom stereocenters. The first-order chi connectivity index (χ1) is 10.1. The molecule has 0 radical (unpaired) electrons. The lowest BCUT2D eigenvalue weighted by molar-refractivity contribution is -0.0323. The molecular weight excluding hydrogens is 278 g/mol. The van der Waals surface area contributed by atoms with Crippen LogP contribution in [-0.4, -0.2) is 42.4 Å². The van der Waals surface area contributed by atoms with Gasteiger partial charge in [-0.05, 0) is 6.92 Å². The van der Waals surface area contributed by atoms with Crippen molar-refractivity contribution in [2.45, 2.75) is 31.7 Å². The van der Waals surface area contributed by atoms with Gasteiger partial charge in [-0.25, -0.2) is 9.48 Å². The lowest BCUT2D eigenvalue weighted by Crippen LogP contribution is -2.33. The number of nitrogens with zero attached hydrogens (tertiary/aromatic N) is 4. The van der Waals surface area contributed by atoms with Gasteiger partial charge in [-0.15, -0.1) is 5.10 Å². The first-order valence-electron chi connectivity index (χ1n) is 6.54. The fraction of sp³-hybridized carbons (Fsp3) is 0.500. The third-order valence-corrected chi connectivity index (χ3v) is 3.62. The van der Waals surface area contributed by atoms with Crippen LogP contribution in [0.5, 0.6) is 0 Å². The number of aromatic amines is 1. The van der Waals surface area contributed by atoms with Crippen LogP contribution in [0.1, 0.15) is 24.3 Å². The lowest BCUT2D eigenvalue weighted by atomic mass is 10.1. The Morgan fingerprint density at radius 3 is 3.00 bits per heavy atom. The third kappa shape index (κ3) is 2.41. The summed E-state index contributed by atoms with van der Waals surface area (Å²) in [6, 6.07) is -0.221. The highest BCUT2D eigenvalue weighted by Crippen LogP contribution is 2.35. The molecule has 0 saturated carbocycles. The summed E-state index contributed by atoms with van der Waals surface area (Å²) in [5.41, 5.74) is -0.532. The maximum absolute atomic E-state index is 11.9. The molecule has 0 amide bonds. The molecular formula is C12H15N5O4. The highest BCUT2D eigenvalue weighted by molar-refractivity contribution is 5.02. The Bertz CT molecular complexity index is 735. The average molecular weight is 293 g/mol. The van der Waals surface area contributed by atoms with Gasteiger partial charge in [0.25, 0.3) is 5.56 Å². The molecule has 0 bridgehead atoms. The van der Waals surface area contributed by atoms with Gasteiger partial charge in [0.05, 0.1) is 18.8 Å². The first-order valence-corrected chi connectivity index (χ1v) is 6.54. The molecule has 1 fully saturated rings. The van der Waals surface area contributed by atoms with Crippen molar-refractivity contribution in [1.82, 2.24) is 24.5 Å². The van der Waals surface area contributed by atoms with Crippen molar-refractivity contribution in [3.8, 4) is 0 Å². The largest absolute Gasteiger partial charge is 0.394 e. The molecule has 0 spiro atoms. The van der Waals surface area contributed by atoms with E-state index in [4.69, 9.17) is 4.74 Å². The minimum atomic E-state index is -0.570. The monoisotopic (exact) mass is 293 g/mol. The molecule has 2 aromatic rings. The summed E-state index contributed by atoms with van der Waals surface area (Å²) < 4.78 is 8.64. The van der Waals surface area contributed by atoms with Crippen LogP contribution >= 0.6 is 0 Å². The molecule has 3 heterocycles. The van der Waals surface area contributed by atoms with E-state index in [1.165, 1.54) is 17.0 Å². The second-order valence-electron chi connectivity index (χ2n) is 4.98. The quantitative estimate of drug-likeness (QED) is 0.746. The average Bonchev–Trinajstić information content (AvgIpc) is 3.10. The van der Waals surface area contributed by atoms with Crippen molar-refractivity contribution in [3.63, 3.8) is 0 Å². The molecule has 1 saturated heterocycles. The summed E-state index contributed by atoms with van der Waals surface area (Å²) in [5.74, 6) is 0. The van der Waals surface area contributed by atoms with E-state index in [0.717, 1.165) is 0 Å². The van der Waals surface area contributed by atoms with Crippen molar-refractivity contribution in [1.29, 1.82) is 0 Å². The molecule has 2 N–H and O–H groups in total. The number of aryl methyl sites for hydroxylation is 1. The van der Waals surface area contributed by atoms with E-state index < -0.39 is 23.6 Å². The molecule has 9 heteroatoms. The molecule has 21 heavy (non-hydrogen) atoms. The Hall–Kier alpha value is -2.26. The van der Waals surface area contributed by atoms with Crippen LogP contribution in [0, 0.1) is 6.92 Å². The van der Waals surface area contributed by atoms with Crippen LogP contribution in [-0.2, 0) is 4.74 Å². The molecule has 1 aliphatic heterocycles. The number of nitrogens with one attached hydrogen (secondary N) is 1. The van der Waals surface area contributed by atoms with Gasteiger partial charge in [-0.1, -0.05) is 5.21 Å². The number of hydrogen-bond donors (Lipinski definition) is 2. The molecule has 112 valence electrons. The van der Waals surface area contributed by atoms with Gasteiger partial charge >= 0.3 is 5.69 Å². The van der Waals surface area contributed by atoms with Crippen LogP contribution in [0.2, 0.25) is 0 Å². The number of aliphatic hydroxyl groups excluding tert-OH is 1. The van der Waals surface area contributed by atoms with E-state index in [0.29, 0.717) is 12.0 Å². The summed E-state index contributed by atoms with van der Waals surface area (Å²) >= 11 is 0. The molecule has 9 nitrogen and oxygen atoms in total. The van der Waals surface area contributed by atoms with E-state index in [1.807, 2.05) is 0 Å². The summed E-state index contributed by atoms with van der Waals surface area (Å²) in [6.45, 7) is 1.42. The van der Waals surface area contributed by atoms with Crippen LogP contribution in [0.3, 0.4) is 0 Å². The van der Waals surface area contributed by atoms with Crippen molar-refractivity contribution >= 4 is 0 Å². The summed E-state index contributed by atoms with van der Waals surface area (Å²) in [7, 11) is 0. The number of hydrogen-bond acceptors (Lipinski definition) is 6. The molecule has 0 aliphatic carbocycles. The van der Waals surface area contributed by atoms with E-state index in [-0.39, 0.29) is 12.6 Å².